The number of thioether (sulfide) groups is 1. The fourth-order valence-corrected chi connectivity index (χ4v) is 3.59. The molecule has 0 heterocycles. The van der Waals surface area contributed by atoms with Crippen LogP contribution in [0.5, 0.6) is 5.75 Å². The molecule has 3 aromatic carbocycles. The maximum absolute atomic E-state index is 5.89. The van der Waals surface area contributed by atoms with Gasteiger partial charge in [-0.15, -0.1) is 0 Å². The molecule has 0 aliphatic carbocycles. The summed E-state index contributed by atoms with van der Waals surface area (Å²) in [5.41, 5.74) is 5.54. The van der Waals surface area contributed by atoms with Gasteiger partial charge in [-0.3, -0.25) is 0 Å². The Kier molecular flexibility index (Phi) is 6.72. The first-order chi connectivity index (χ1) is 13.5. The molecule has 28 heavy (non-hydrogen) atoms. The van der Waals surface area contributed by atoms with E-state index < -0.39 is 0 Å². The molecule has 2 nitrogen and oxygen atoms in total. The first kappa shape index (κ1) is 20.0. The molecule has 3 rings (SSSR count). The van der Waals surface area contributed by atoms with Crippen LogP contribution < -0.4 is 4.74 Å². The summed E-state index contributed by atoms with van der Waals surface area (Å²) in [7, 11) is 0. The van der Waals surface area contributed by atoms with Crippen LogP contribution in [0.15, 0.2) is 94.5 Å². The second-order valence-corrected chi connectivity index (χ2v) is 7.97. The van der Waals surface area contributed by atoms with Crippen LogP contribution in [0.1, 0.15) is 23.6 Å². The maximum atomic E-state index is 5.89. The summed E-state index contributed by atoms with van der Waals surface area (Å²) in [6, 6.07) is 24.7. The smallest absolute Gasteiger partial charge is 0.126 e. The van der Waals surface area contributed by atoms with Gasteiger partial charge in [-0.2, -0.15) is 0 Å². The van der Waals surface area contributed by atoms with Gasteiger partial charge in [0.15, 0.2) is 0 Å². The molecule has 0 fully saturated rings. The van der Waals surface area contributed by atoms with Crippen LogP contribution >= 0.6 is 11.8 Å². The van der Waals surface area contributed by atoms with E-state index in [-0.39, 0.29) is 0 Å². The van der Waals surface area contributed by atoms with Gasteiger partial charge in [0.1, 0.15) is 10.8 Å². The van der Waals surface area contributed by atoms with Crippen molar-refractivity contribution in [2.24, 2.45) is 4.99 Å². The molecule has 0 spiro atoms. The standard InChI is InChI=1S/C25H25NOS/c1-18-11-13-22(14-12-18)26-25(28-24-10-6-8-20(3)16-24)21(4)17-27-23-9-5-7-19(2)15-23/h5-17H,1-4H3/b21-17+,26-25-. The average molecular weight is 388 g/mol. The van der Waals surface area contributed by atoms with E-state index >= 15 is 0 Å². The van der Waals surface area contributed by atoms with E-state index in [4.69, 9.17) is 9.73 Å². The van der Waals surface area contributed by atoms with Gasteiger partial charge in [0.05, 0.1) is 11.9 Å². The number of rotatable bonds is 5. The van der Waals surface area contributed by atoms with Crippen LogP contribution in [0.2, 0.25) is 0 Å². The van der Waals surface area contributed by atoms with Crippen molar-refractivity contribution in [3.05, 3.63) is 101 Å². The number of aryl methyl sites for hydroxylation is 3. The third kappa shape index (κ3) is 5.86. The van der Waals surface area contributed by atoms with Crippen molar-refractivity contribution in [3.63, 3.8) is 0 Å². The highest BCUT2D eigenvalue weighted by molar-refractivity contribution is 8.14. The number of aliphatic imine (C=N–C) groups is 1. The van der Waals surface area contributed by atoms with Crippen LogP contribution in [0.4, 0.5) is 5.69 Å². The predicted octanol–water partition coefficient (Wildman–Crippen LogP) is 7.42. The molecule has 0 atom stereocenters. The molecule has 0 unspecified atom stereocenters. The maximum Gasteiger partial charge on any atom is 0.126 e. The molecule has 0 radical (unpaired) electrons. The van der Waals surface area contributed by atoms with Crippen molar-refractivity contribution in [1.82, 2.24) is 0 Å². The Morgan fingerprint density at radius 1 is 0.821 bits per heavy atom. The fourth-order valence-electron chi connectivity index (χ4n) is 2.61. The van der Waals surface area contributed by atoms with Crippen LogP contribution in [0.25, 0.3) is 0 Å². The molecule has 0 aromatic heterocycles. The Bertz CT molecular complexity index is 1000. The molecular formula is C25H25NOS. The summed E-state index contributed by atoms with van der Waals surface area (Å²) >= 11 is 1.65. The Labute approximate surface area is 172 Å². The highest BCUT2D eigenvalue weighted by Gasteiger charge is 2.08. The lowest BCUT2D eigenvalue weighted by atomic mass is 10.2. The average Bonchev–Trinajstić information content (AvgIpc) is 2.67. The lowest BCUT2D eigenvalue weighted by molar-refractivity contribution is 0.478. The van der Waals surface area contributed by atoms with E-state index in [1.54, 1.807) is 18.0 Å². The summed E-state index contributed by atoms with van der Waals surface area (Å²) in [5, 5.41) is 0.919. The van der Waals surface area contributed by atoms with Gasteiger partial charge in [0, 0.05) is 10.5 Å². The van der Waals surface area contributed by atoms with Gasteiger partial charge < -0.3 is 4.74 Å². The Balaban J connectivity index is 1.89. The quantitative estimate of drug-likeness (QED) is 0.197. The number of hydrogen-bond acceptors (Lipinski definition) is 3. The van der Waals surface area contributed by atoms with Gasteiger partial charge in [-0.05, 0) is 69.7 Å². The van der Waals surface area contributed by atoms with Crippen molar-refractivity contribution >= 4 is 22.5 Å². The van der Waals surface area contributed by atoms with Crippen LogP contribution in [-0.4, -0.2) is 5.04 Å². The number of ether oxygens (including phenoxy) is 1. The van der Waals surface area contributed by atoms with Gasteiger partial charge in [0.2, 0.25) is 0 Å². The molecule has 0 saturated heterocycles. The van der Waals surface area contributed by atoms with Crippen molar-refractivity contribution < 1.29 is 4.74 Å². The fraction of sp³-hybridized carbons (Fsp3) is 0.160. The largest absolute Gasteiger partial charge is 0.465 e. The van der Waals surface area contributed by atoms with Crippen LogP contribution in [-0.2, 0) is 0 Å². The van der Waals surface area contributed by atoms with E-state index in [2.05, 4.69) is 63.2 Å². The topological polar surface area (TPSA) is 21.6 Å². The lowest BCUT2D eigenvalue weighted by Crippen LogP contribution is -1.97. The van der Waals surface area contributed by atoms with Gasteiger partial charge in [-0.25, -0.2) is 4.99 Å². The van der Waals surface area contributed by atoms with Gasteiger partial charge in [-0.1, -0.05) is 59.3 Å². The van der Waals surface area contributed by atoms with Crippen LogP contribution in [0.3, 0.4) is 0 Å². The lowest BCUT2D eigenvalue weighted by Gasteiger charge is -2.09. The monoisotopic (exact) mass is 387 g/mol. The molecule has 0 amide bonds. The molecule has 0 saturated carbocycles. The number of hydrogen-bond donors (Lipinski definition) is 0. The number of nitrogens with zero attached hydrogens (tertiary/aromatic N) is 1. The summed E-state index contributed by atoms with van der Waals surface area (Å²) in [4.78, 5) is 6.05. The summed E-state index contributed by atoms with van der Waals surface area (Å²) in [6.07, 6.45) is 1.78. The zero-order valence-electron chi connectivity index (χ0n) is 16.8. The van der Waals surface area contributed by atoms with E-state index in [0.717, 1.165) is 26.9 Å². The van der Waals surface area contributed by atoms with Crippen molar-refractivity contribution in [2.75, 3.05) is 0 Å². The second-order valence-electron chi connectivity index (χ2n) is 6.91. The van der Waals surface area contributed by atoms with Crippen molar-refractivity contribution in [3.8, 4) is 5.75 Å². The molecule has 0 aliphatic rings. The Hall–Kier alpha value is -2.78. The predicted molar refractivity (Wildman–Crippen MR) is 121 cm³/mol. The third-order valence-electron chi connectivity index (χ3n) is 4.17. The van der Waals surface area contributed by atoms with Crippen molar-refractivity contribution in [1.29, 1.82) is 0 Å². The van der Waals surface area contributed by atoms with Crippen LogP contribution in [0, 0.1) is 20.8 Å². The molecule has 0 N–H and O–H groups in total. The molecular weight excluding hydrogens is 362 g/mol. The third-order valence-corrected chi connectivity index (χ3v) is 5.26. The van der Waals surface area contributed by atoms with Gasteiger partial charge >= 0.3 is 0 Å². The number of benzene rings is 3. The molecule has 142 valence electrons. The zero-order chi connectivity index (χ0) is 19.9. The minimum atomic E-state index is 0.828. The first-order valence-electron chi connectivity index (χ1n) is 9.30. The Morgan fingerprint density at radius 3 is 2.18 bits per heavy atom. The van der Waals surface area contributed by atoms with E-state index in [1.807, 2.05) is 37.3 Å². The highest BCUT2D eigenvalue weighted by atomic mass is 32.2. The Morgan fingerprint density at radius 2 is 1.50 bits per heavy atom. The van der Waals surface area contributed by atoms with E-state index in [9.17, 15) is 0 Å². The summed E-state index contributed by atoms with van der Waals surface area (Å²) in [5.74, 6) is 0.828. The normalized spacial score (nSPS) is 12.1. The van der Waals surface area contributed by atoms with E-state index in [0.29, 0.717) is 0 Å². The molecule has 0 bridgehead atoms. The van der Waals surface area contributed by atoms with E-state index in [1.165, 1.54) is 16.7 Å². The minimum Gasteiger partial charge on any atom is -0.465 e. The second kappa shape index (κ2) is 9.43. The van der Waals surface area contributed by atoms with Crippen molar-refractivity contribution in [2.45, 2.75) is 32.6 Å². The summed E-state index contributed by atoms with van der Waals surface area (Å²) in [6.45, 7) is 8.27. The highest BCUT2D eigenvalue weighted by Crippen LogP contribution is 2.27. The molecule has 3 heteroatoms. The first-order valence-corrected chi connectivity index (χ1v) is 10.1. The molecule has 3 aromatic rings. The summed E-state index contributed by atoms with van der Waals surface area (Å²) < 4.78 is 5.89. The zero-order valence-corrected chi connectivity index (χ0v) is 17.6. The molecule has 0 aliphatic heterocycles. The van der Waals surface area contributed by atoms with Gasteiger partial charge in [0.25, 0.3) is 0 Å². The SMILES string of the molecule is CC(=C\Oc1cccc(C)c1)/C(=N/c1ccc(C)cc1)Sc1cccc(C)c1. The minimum absolute atomic E-state index is 0.828.